The van der Waals surface area contributed by atoms with E-state index in [0.29, 0.717) is 16.3 Å². The zero-order valence-electron chi connectivity index (χ0n) is 10.8. The number of aromatic hydroxyl groups is 1. The van der Waals surface area contributed by atoms with Gasteiger partial charge in [-0.3, -0.25) is 9.69 Å². The lowest BCUT2D eigenvalue weighted by atomic mass is 10.1. The van der Waals surface area contributed by atoms with Gasteiger partial charge in [0, 0.05) is 11.1 Å². The Hall–Kier alpha value is -1.72. The molecule has 1 atom stereocenters. The van der Waals surface area contributed by atoms with Crippen LogP contribution in [0.15, 0.2) is 42.5 Å². The number of phenolic OH excluding ortho intramolecular Hbond substituents is 1. The van der Waals surface area contributed by atoms with Crippen molar-refractivity contribution in [3.8, 4) is 5.75 Å². The molecule has 0 saturated carbocycles. The van der Waals surface area contributed by atoms with Gasteiger partial charge in [-0.05, 0) is 29.8 Å². The van der Waals surface area contributed by atoms with Crippen LogP contribution in [0.1, 0.15) is 10.9 Å². The van der Waals surface area contributed by atoms with Crippen molar-refractivity contribution < 1.29 is 14.3 Å². The van der Waals surface area contributed by atoms with Crippen LogP contribution in [0.3, 0.4) is 0 Å². The highest BCUT2D eigenvalue weighted by molar-refractivity contribution is 8.00. The first-order chi connectivity index (χ1) is 10.1. The number of halogens is 2. The number of hydrogen-bond acceptors (Lipinski definition) is 3. The summed E-state index contributed by atoms with van der Waals surface area (Å²) >= 11 is 7.21. The zero-order valence-corrected chi connectivity index (χ0v) is 12.4. The number of amides is 1. The van der Waals surface area contributed by atoms with Crippen LogP contribution in [0.25, 0.3) is 0 Å². The molecule has 1 heterocycles. The number of hydrogen-bond donors (Lipinski definition) is 1. The predicted octanol–water partition coefficient (Wildman–Crippen LogP) is 3.96. The molecular weight excluding hydrogens is 313 g/mol. The summed E-state index contributed by atoms with van der Waals surface area (Å²) in [6, 6.07) is 10.7. The first kappa shape index (κ1) is 14.2. The Morgan fingerprint density at radius 3 is 2.81 bits per heavy atom. The number of carbonyl (C=O) groups excluding carboxylic acids is 1. The van der Waals surface area contributed by atoms with E-state index in [1.54, 1.807) is 24.3 Å². The van der Waals surface area contributed by atoms with Crippen LogP contribution in [0, 0.1) is 5.82 Å². The smallest absolute Gasteiger partial charge is 0.238 e. The zero-order chi connectivity index (χ0) is 15.0. The van der Waals surface area contributed by atoms with E-state index in [2.05, 4.69) is 0 Å². The van der Waals surface area contributed by atoms with Crippen LogP contribution in [0.2, 0.25) is 5.02 Å². The summed E-state index contributed by atoms with van der Waals surface area (Å²) in [6.45, 7) is 0. The van der Waals surface area contributed by atoms with E-state index in [9.17, 15) is 14.3 Å². The van der Waals surface area contributed by atoms with Crippen LogP contribution in [-0.4, -0.2) is 16.8 Å². The molecule has 1 aliphatic heterocycles. The van der Waals surface area contributed by atoms with Gasteiger partial charge < -0.3 is 5.11 Å². The van der Waals surface area contributed by atoms with Crippen molar-refractivity contribution in [2.75, 3.05) is 10.7 Å². The minimum absolute atomic E-state index is 0.0697. The Balaban J connectivity index is 2.04. The summed E-state index contributed by atoms with van der Waals surface area (Å²) in [6.07, 6.45) is 0. The number of thioether (sulfide) groups is 1. The summed E-state index contributed by atoms with van der Waals surface area (Å²) in [7, 11) is 0. The van der Waals surface area contributed by atoms with Crippen LogP contribution in [0.5, 0.6) is 5.75 Å². The fraction of sp³-hybridized carbons (Fsp3) is 0.133. The van der Waals surface area contributed by atoms with E-state index in [1.165, 1.54) is 34.9 Å². The molecule has 0 bridgehead atoms. The third kappa shape index (κ3) is 2.71. The van der Waals surface area contributed by atoms with E-state index < -0.39 is 0 Å². The Labute approximate surface area is 130 Å². The number of benzene rings is 2. The molecule has 0 radical (unpaired) electrons. The van der Waals surface area contributed by atoms with Gasteiger partial charge in [-0.2, -0.15) is 0 Å². The maximum Gasteiger partial charge on any atom is 0.238 e. The maximum atomic E-state index is 13.4. The van der Waals surface area contributed by atoms with Crippen LogP contribution in [0.4, 0.5) is 10.1 Å². The molecule has 3 rings (SSSR count). The molecule has 0 spiro atoms. The van der Waals surface area contributed by atoms with Crippen molar-refractivity contribution in [1.29, 1.82) is 0 Å². The quantitative estimate of drug-likeness (QED) is 0.909. The largest absolute Gasteiger partial charge is 0.506 e. The Morgan fingerprint density at radius 2 is 2.10 bits per heavy atom. The maximum absolute atomic E-state index is 13.4. The van der Waals surface area contributed by atoms with Crippen LogP contribution < -0.4 is 4.90 Å². The Morgan fingerprint density at radius 1 is 1.29 bits per heavy atom. The number of anilines is 1. The fourth-order valence-electron chi connectivity index (χ4n) is 2.29. The summed E-state index contributed by atoms with van der Waals surface area (Å²) < 4.78 is 13.4. The van der Waals surface area contributed by atoms with E-state index in [4.69, 9.17) is 11.6 Å². The van der Waals surface area contributed by atoms with Gasteiger partial charge in [0.25, 0.3) is 0 Å². The summed E-state index contributed by atoms with van der Waals surface area (Å²) in [5.74, 6) is -0.275. The molecule has 1 saturated heterocycles. The lowest BCUT2D eigenvalue weighted by Crippen LogP contribution is -2.27. The van der Waals surface area contributed by atoms with Gasteiger partial charge in [0.1, 0.15) is 16.9 Å². The topological polar surface area (TPSA) is 40.5 Å². The monoisotopic (exact) mass is 323 g/mol. The average molecular weight is 324 g/mol. The lowest BCUT2D eigenvalue weighted by molar-refractivity contribution is -0.115. The molecule has 0 aromatic heterocycles. The summed E-state index contributed by atoms with van der Waals surface area (Å²) in [5, 5.41) is 10.1. The SMILES string of the molecule is O=C1CSC(c2cccc(F)c2)N1c1ccc(Cl)cc1O. The van der Waals surface area contributed by atoms with E-state index in [1.807, 2.05) is 0 Å². The summed E-state index contributed by atoms with van der Waals surface area (Å²) in [4.78, 5) is 13.6. The van der Waals surface area contributed by atoms with E-state index in [0.717, 1.165) is 0 Å². The van der Waals surface area contributed by atoms with Crippen molar-refractivity contribution in [1.82, 2.24) is 0 Å². The minimum Gasteiger partial charge on any atom is -0.506 e. The van der Waals surface area contributed by atoms with Crippen molar-refractivity contribution in [2.45, 2.75) is 5.37 Å². The van der Waals surface area contributed by atoms with Gasteiger partial charge in [-0.25, -0.2) is 4.39 Å². The lowest BCUT2D eigenvalue weighted by Gasteiger charge is -2.25. The second kappa shape index (κ2) is 5.58. The highest BCUT2D eigenvalue weighted by Gasteiger charge is 2.35. The molecule has 1 N–H and O–H groups in total. The van der Waals surface area contributed by atoms with Gasteiger partial charge in [0.2, 0.25) is 5.91 Å². The third-order valence-corrected chi connectivity index (χ3v) is 4.65. The first-order valence-electron chi connectivity index (χ1n) is 6.24. The molecule has 21 heavy (non-hydrogen) atoms. The molecule has 6 heteroatoms. The standard InChI is InChI=1S/C15H11ClFNO2S/c16-10-4-5-12(13(19)7-10)18-14(20)8-21-15(18)9-2-1-3-11(17)6-9/h1-7,15,19H,8H2. The molecule has 3 nitrogen and oxygen atoms in total. The molecule has 1 amide bonds. The van der Waals surface area contributed by atoms with Gasteiger partial charge in [-0.15, -0.1) is 11.8 Å². The van der Waals surface area contributed by atoms with Crippen LogP contribution >= 0.6 is 23.4 Å². The number of phenols is 1. The van der Waals surface area contributed by atoms with Gasteiger partial charge in [0.05, 0.1) is 11.4 Å². The van der Waals surface area contributed by atoms with Gasteiger partial charge in [0.15, 0.2) is 0 Å². The molecule has 0 aliphatic carbocycles. The normalized spacial score (nSPS) is 18.3. The minimum atomic E-state index is -0.361. The average Bonchev–Trinajstić information content (AvgIpc) is 2.81. The number of nitrogens with zero attached hydrogens (tertiary/aromatic N) is 1. The number of carbonyl (C=O) groups is 1. The highest BCUT2D eigenvalue weighted by Crippen LogP contribution is 2.45. The second-order valence-electron chi connectivity index (χ2n) is 4.62. The van der Waals surface area contributed by atoms with E-state index in [-0.39, 0.29) is 28.6 Å². The molecule has 108 valence electrons. The van der Waals surface area contributed by atoms with Gasteiger partial charge in [-0.1, -0.05) is 23.7 Å². The fourth-order valence-corrected chi connectivity index (χ4v) is 3.62. The molecule has 1 unspecified atom stereocenters. The molecule has 2 aromatic rings. The van der Waals surface area contributed by atoms with Crippen molar-refractivity contribution in [3.05, 3.63) is 58.9 Å². The van der Waals surface area contributed by atoms with Crippen molar-refractivity contribution >= 4 is 35.0 Å². The Bertz CT molecular complexity index is 710. The molecule has 1 fully saturated rings. The Kier molecular flexibility index (Phi) is 3.78. The van der Waals surface area contributed by atoms with Crippen molar-refractivity contribution in [3.63, 3.8) is 0 Å². The van der Waals surface area contributed by atoms with Crippen molar-refractivity contribution in [2.24, 2.45) is 0 Å². The molecular formula is C15H11ClFNO2S. The molecule has 1 aliphatic rings. The third-order valence-electron chi connectivity index (χ3n) is 3.20. The van der Waals surface area contributed by atoms with Crippen LogP contribution in [-0.2, 0) is 4.79 Å². The number of rotatable bonds is 2. The first-order valence-corrected chi connectivity index (χ1v) is 7.66. The molecule has 2 aromatic carbocycles. The summed E-state index contributed by atoms with van der Waals surface area (Å²) in [5.41, 5.74) is 1.06. The predicted molar refractivity (Wildman–Crippen MR) is 82.2 cm³/mol. The highest BCUT2D eigenvalue weighted by atomic mass is 35.5. The van der Waals surface area contributed by atoms with E-state index >= 15 is 0 Å². The van der Waals surface area contributed by atoms with Gasteiger partial charge >= 0.3 is 0 Å². The second-order valence-corrected chi connectivity index (χ2v) is 6.12.